The smallest absolute Gasteiger partial charge is 0.410 e. The Hall–Kier alpha value is -1.35. The standard InChI is InChI=1S/C16H29N3O5S/c1-12-10-16(13(20)19(12)9-7-17-25(22)23)6-5-8-18(11-16)14(21)24-15(2,3)4/h12,25H,5-11H2,1-4H3,(H,17,22,23). The van der Waals surface area contributed by atoms with Gasteiger partial charge < -0.3 is 14.5 Å². The van der Waals surface area contributed by atoms with E-state index >= 15 is 0 Å². The van der Waals surface area contributed by atoms with Crippen molar-refractivity contribution in [2.75, 3.05) is 26.2 Å². The van der Waals surface area contributed by atoms with E-state index in [1.165, 1.54) is 0 Å². The fourth-order valence-corrected chi connectivity index (χ4v) is 4.09. The number of ether oxygens (including phenoxy) is 1. The molecule has 9 heteroatoms. The van der Waals surface area contributed by atoms with Crippen LogP contribution in [0.2, 0.25) is 0 Å². The molecular formula is C16H29N3O5S. The Morgan fingerprint density at radius 1 is 1.40 bits per heavy atom. The van der Waals surface area contributed by atoms with Crippen molar-refractivity contribution in [1.82, 2.24) is 14.5 Å². The summed E-state index contributed by atoms with van der Waals surface area (Å²) in [7, 11) is -2.66. The van der Waals surface area contributed by atoms with E-state index in [0.717, 1.165) is 12.8 Å². The lowest BCUT2D eigenvalue weighted by molar-refractivity contribution is -0.139. The highest BCUT2D eigenvalue weighted by Crippen LogP contribution is 2.43. The Bertz CT molecular complexity index is 593. The molecule has 0 bridgehead atoms. The van der Waals surface area contributed by atoms with Crippen LogP contribution in [0.5, 0.6) is 0 Å². The molecule has 1 spiro atoms. The van der Waals surface area contributed by atoms with Gasteiger partial charge in [-0.15, -0.1) is 0 Å². The first kappa shape index (κ1) is 20.0. The van der Waals surface area contributed by atoms with Gasteiger partial charge in [0.1, 0.15) is 5.60 Å². The SMILES string of the molecule is CC1CC2(CCCN(C(=O)OC(C)(C)C)C2)C(=O)N1CCN[SH](=O)=O. The Balaban J connectivity index is 2.05. The summed E-state index contributed by atoms with van der Waals surface area (Å²) in [6.45, 7) is 8.95. The van der Waals surface area contributed by atoms with Gasteiger partial charge in [0.2, 0.25) is 16.8 Å². The second kappa shape index (κ2) is 7.49. The topological polar surface area (TPSA) is 96.0 Å². The maximum absolute atomic E-state index is 13.0. The largest absolute Gasteiger partial charge is 0.444 e. The second-order valence-corrected chi connectivity index (χ2v) is 8.83. The number of hydrogen-bond donors (Lipinski definition) is 2. The van der Waals surface area contributed by atoms with Crippen LogP contribution in [0.1, 0.15) is 47.0 Å². The molecule has 2 unspecified atom stereocenters. The van der Waals surface area contributed by atoms with E-state index in [1.807, 2.05) is 27.7 Å². The highest BCUT2D eigenvalue weighted by atomic mass is 32.2. The first-order valence-electron chi connectivity index (χ1n) is 8.71. The lowest BCUT2D eigenvalue weighted by atomic mass is 9.77. The minimum atomic E-state index is -2.66. The maximum atomic E-state index is 13.0. The lowest BCUT2D eigenvalue weighted by Gasteiger charge is -2.39. The van der Waals surface area contributed by atoms with Gasteiger partial charge in [-0.1, -0.05) is 0 Å². The molecule has 8 nitrogen and oxygen atoms in total. The van der Waals surface area contributed by atoms with E-state index in [9.17, 15) is 18.0 Å². The van der Waals surface area contributed by atoms with Gasteiger partial charge in [-0.25, -0.2) is 17.9 Å². The first-order valence-corrected chi connectivity index (χ1v) is 9.89. The Morgan fingerprint density at radius 2 is 2.08 bits per heavy atom. The zero-order valence-corrected chi connectivity index (χ0v) is 16.3. The van der Waals surface area contributed by atoms with Crippen molar-refractivity contribution < 1.29 is 22.7 Å². The van der Waals surface area contributed by atoms with E-state index in [-0.39, 0.29) is 24.6 Å². The molecule has 0 aromatic rings. The second-order valence-electron chi connectivity index (χ2n) is 8.00. The summed E-state index contributed by atoms with van der Waals surface area (Å²) in [5, 5.41) is 0. The summed E-state index contributed by atoms with van der Waals surface area (Å²) in [4.78, 5) is 28.7. The predicted molar refractivity (Wildman–Crippen MR) is 93.6 cm³/mol. The first-order chi connectivity index (χ1) is 11.5. The van der Waals surface area contributed by atoms with E-state index in [0.29, 0.717) is 26.1 Å². The van der Waals surface area contributed by atoms with Crippen molar-refractivity contribution in [2.24, 2.45) is 5.41 Å². The molecule has 0 aromatic heterocycles. The maximum Gasteiger partial charge on any atom is 0.410 e. The molecule has 0 aliphatic carbocycles. The minimum absolute atomic E-state index is 0.0104. The molecule has 2 aliphatic heterocycles. The van der Waals surface area contributed by atoms with Gasteiger partial charge in [0.15, 0.2) is 0 Å². The van der Waals surface area contributed by atoms with E-state index in [2.05, 4.69) is 4.72 Å². The number of carbonyl (C=O) groups is 2. The van der Waals surface area contributed by atoms with Gasteiger partial charge in [0, 0.05) is 32.2 Å². The van der Waals surface area contributed by atoms with Crippen molar-refractivity contribution in [3.05, 3.63) is 0 Å². The number of amides is 2. The number of piperidine rings is 1. The number of thiol groups is 1. The van der Waals surface area contributed by atoms with Crippen LogP contribution in [0, 0.1) is 5.41 Å². The van der Waals surface area contributed by atoms with Crippen molar-refractivity contribution in [1.29, 1.82) is 0 Å². The fraction of sp³-hybridized carbons (Fsp3) is 0.875. The van der Waals surface area contributed by atoms with Gasteiger partial charge in [-0.3, -0.25) is 4.79 Å². The van der Waals surface area contributed by atoms with Crippen LogP contribution in [-0.4, -0.2) is 68.0 Å². The number of rotatable bonds is 4. The average molecular weight is 375 g/mol. The van der Waals surface area contributed by atoms with Crippen molar-refractivity contribution in [3.63, 3.8) is 0 Å². The van der Waals surface area contributed by atoms with Crippen LogP contribution in [0.3, 0.4) is 0 Å². The number of carbonyl (C=O) groups excluding carboxylic acids is 2. The zero-order chi connectivity index (χ0) is 18.8. The van der Waals surface area contributed by atoms with Gasteiger partial charge in [-0.05, 0) is 47.0 Å². The van der Waals surface area contributed by atoms with E-state index in [1.54, 1.807) is 9.80 Å². The quantitative estimate of drug-likeness (QED) is 0.707. The summed E-state index contributed by atoms with van der Waals surface area (Å²) < 4.78 is 29.0. The summed E-state index contributed by atoms with van der Waals surface area (Å²) >= 11 is 0. The molecule has 2 heterocycles. The van der Waals surface area contributed by atoms with E-state index < -0.39 is 21.9 Å². The third kappa shape index (κ3) is 4.84. The minimum Gasteiger partial charge on any atom is -0.444 e. The Labute approximate surface area is 151 Å². The van der Waals surface area contributed by atoms with Crippen molar-refractivity contribution >= 4 is 22.9 Å². The number of hydrogen-bond acceptors (Lipinski definition) is 5. The molecular weight excluding hydrogens is 346 g/mol. The zero-order valence-electron chi connectivity index (χ0n) is 15.4. The van der Waals surface area contributed by atoms with Gasteiger partial charge in [-0.2, -0.15) is 0 Å². The van der Waals surface area contributed by atoms with Crippen LogP contribution in [0.4, 0.5) is 4.79 Å². The third-order valence-corrected chi connectivity index (χ3v) is 5.24. The van der Waals surface area contributed by atoms with Crippen LogP contribution >= 0.6 is 0 Å². The van der Waals surface area contributed by atoms with Crippen LogP contribution in [-0.2, 0) is 20.4 Å². The molecule has 2 fully saturated rings. The Kier molecular flexibility index (Phi) is 5.98. The van der Waals surface area contributed by atoms with Crippen molar-refractivity contribution in [2.45, 2.75) is 58.6 Å². The van der Waals surface area contributed by atoms with Gasteiger partial charge in [0.25, 0.3) is 0 Å². The fourth-order valence-electron chi connectivity index (χ4n) is 3.81. The van der Waals surface area contributed by atoms with E-state index in [4.69, 9.17) is 4.74 Å². The monoisotopic (exact) mass is 375 g/mol. The summed E-state index contributed by atoms with van der Waals surface area (Å²) in [6, 6.07) is 0.0254. The highest BCUT2D eigenvalue weighted by molar-refractivity contribution is 7.70. The van der Waals surface area contributed by atoms with Gasteiger partial charge >= 0.3 is 6.09 Å². The molecule has 2 saturated heterocycles. The molecule has 0 aromatic carbocycles. The number of likely N-dealkylation sites (tertiary alicyclic amines) is 2. The number of nitrogens with one attached hydrogen (secondary N) is 1. The molecule has 1 N–H and O–H groups in total. The predicted octanol–water partition coefficient (Wildman–Crippen LogP) is 0.741. The van der Waals surface area contributed by atoms with Crippen LogP contribution in [0.25, 0.3) is 0 Å². The molecule has 2 amide bonds. The molecule has 2 aliphatic rings. The molecule has 144 valence electrons. The highest BCUT2D eigenvalue weighted by Gasteiger charge is 2.52. The van der Waals surface area contributed by atoms with Crippen LogP contribution in [0.15, 0.2) is 0 Å². The molecule has 0 radical (unpaired) electrons. The third-order valence-electron chi connectivity index (χ3n) is 4.75. The lowest BCUT2D eigenvalue weighted by Crippen LogP contribution is -2.51. The summed E-state index contributed by atoms with van der Waals surface area (Å²) in [6.07, 6.45) is 1.80. The number of nitrogens with zero attached hydrogens (tertiary/aromatic N) is 2. The Morgan fingerprint density at radius 3 is 2.68 bits per heavy atom. The van der Waals surface area contributed by atoms with Gasteiger partial charge in [0.05, 0.1) is 5.41 Å². The molecule has 25 heavy (non-hydrogen) atoms. The average Bonchev–Trinajstić information content (AvgIpc) is 2.69. The summed E-state index contributed by atoms with van der Waals surface area (Å²) in [5.74, 6) is 0.0104. The molecule has 0 saturated carbocycles. The normalized spacial score (nSPS) is 27.4. The molecule has 2 atom stereocenters. The van der Waals surface area contributed by atoms with Crippen molar-refractivity contribution in [3.8, 4) is 0 Å². The molecule has 2 rings (SSSR count). The summed E-state index contributed by atoms with van der Waals surface area (Å²) in [5.41, 5.74) is -1.14. The van der Waals surface area contributed by atoms with Crippen LogP contribution < -0.4 is 4.72 Å².